The number of hydrogen-bond acceptors (Lipinski definition) is 13. The number of aliphatic hydroxyl groups is 7. The van der Waals surface area contributed by atoms with Crippen LogP contribution in [0.4, 0.5) is 0 Å². The third kappa shape index (κ3) is 6.13. The maximum absolute atomic E-state index is 11.1. The van der Waals surface area contributed by atoms with Crippen molar-refractivity contribution in [3.63, 3.8) is 0 Å². The smallest absolute Gasteiger partial charge is 0.187 e. The molecule has 13 nitrogen and oxygen atoms in total. The second kappa shape index (κ2) is 14.0. The summed E-state index contributed by atoms with van der Waals surface area (Å²) in [5, 5.41) is 73.1. The van der Waals surface area contributed by atoms with Gasteiger partial charge in [0.25, 0.3) is 0 Å². The fourth-order valence-electron chi connectivity index (χ4n) is 12.7. The van der Waals surface area contributed by atoms with Crippen molar-refractivity contribution in [2.75, 3.05) is 19.8 Å². The Kier molecular flexibility index (Phi) is 10.3. The number of ether oxygens (including phenoxy) is 6. The van der Waals surface area contributed by atoms with Crippen LogP contribution < -0.4 is 0 Å². The van der Waals surface area contributed by atoms with Crippen LogP contribution in [0.3, 0.4) is 0 Å². The van der Waals surface area contributed by atoms with Gasteiger partial charge in [0.1, 0.15) is 42.7 Å². The van der Waals surface area contributed by atoms with Crippen LogP contribution in [0.2, 0.25) is 0 Å². The van der Waals surface area contributed by atoms with Gasteiger partial charge in [0, 0.05) is 17.8 Å². The Morgan fingerprint density at radius 1 is 0.811 bits per heavy atom. The normalized spacial score (nSPS) is 58.0. The van der Waals surface area contributed by atoms with Crippen molar-refractivity contribution in [3.8, 4) is 0 Å². The number of rotatable bonds is 6. The van der Waals surface area contributed by atoms with Crippen LogP contribution in [0.15, 0.2) is 11.6 Å². The first kappa shape index (κ1) is 39.1. The monoisotopic (exact) mass is 752 g/mol. The molecule has 7 fully saturated rings. The van der Waals surface area contributed by atoms with Gasteiger partial charge < -0.3 is 64.2 Å². The molecule has 0 radical (unpaired) electrons. The van der Waals surface area contributed by atoms with E-state index in [1.807, 2.05) is 0 Å². The number of allylic oxidation sites excluding steroid dienone is 1. The van der Waals surface area contributed by atoms with Crippen molar-refractivity contribution in [2.24, 2.45) is 45.8 Å². The SMILES string of the molecule is CC1OC(OC2C(CO)OC(OC3CCC4(C)C(=CCC5C4CCC4(C)C5CC5OC6(CCC(C)(CO)CO6)C(C)C54)C3)C(O)C2O)C(O)C(O)C1O. The standard InChI is InChI=1S/C40H64O13/c1-19-28-26(53-40(19)13-12-37(3,17-42)18-48-40)15-25-23-7-6-21-14-22(8-10-38(21,4)24(23)9-11-39(25,28)5)50-36-33(47)31(45)34(27(16-41)51-36)52-35-32(46)30(44)29(43)20(2)49-35/h6,19-20,22-36,41-47H,7-18H2,1-5H3. The van der Waals surface area contributed by atoms with Crippen LogP contribution in [0, 0.1) is 45.8 Å². The maximum Gasteiger partial charge on any atom is 0.187 e. The number of aliphatic hydroxyl groups excluding tert-OH is 7. The van der Waals surface area contributed by atoms with Gasteiger partial charge in [0.2, 0.25) is 0 Å². The highest BCUT2D eigenvalue weighted by Gasteiger charge is 2.69. The van der Waals surface area contributed by atoms with E-state index in [1.54, 1.807) is 0 Å². The van der Waals surface area contributed by atoms with Crippen molar-refractivity contribution in [1.82, 2.24) is 0 Å². The molecule has 0 amide bonds. The summed E-state index contributed by atoms with van der Waals surface area (Å²) in [5.74, 6) is 1.97. The minimum absolute atomic E-state index is 0.0466. The summed E-state index contributed by atoms with van der Waals surface area (Å²) in [7, 11) is 0. The van der Waals surface area contributed by atoms with Crippen LogP contribution >= 0.6 is 0 Å². The minimum Gasteiger partial charge on any atom is -0.396 e. The van der Waals surface area contributed by atoms with E-state index in [-0.39, 0.29) is 35.1 Å². The lowest BCUT2D eigenvalue weighted by atomic mass is 9.47. The Balaban J connectivity index is 0.910. The maximum atomic E-state index is 11.1. The molecule has 4 heterocycles. The molecule has 0 aromatic rings. The first-order valence-corrected chi connectivity index (χ1v) is 20.3. The minimum atomic E-state index is -1.62. The van der Waals surface area contributed by atoms with Crippen LogP contribution in [0.25, 0.3) is 0 Å². The van der Waals surface area contributed by atoms with E-state index in [0.717, 1.165) is 38.5 Å². The zero-order chi connectivity index (χ0) is 37.8. The van der Waals surface area contributed by atoms with Crippen molar-refractivity contribution in [1.29, 1.82) is 0 Å². The summed E-state index contributed by atoms with van der Waals surface area (Å²) in [6.07, 6.45) is -2.40. The quantitative estimate of drug-likeness (QED) is 0.194. The van der Waals surface area contributed by atoms with Gasteiger partial charge in [0.15, 0.2) is 18.4 Å². The van der Waals surface area contributed by atoms with Gasteiger partial charge in [0.05, 0.1) is 38.1 Å². The van der Waals surface area contributed by atoms with Gasteiger partial charge in [-0.1, -0.05) is 39.3 Å². The van der Waals surface area contributed by atoms with Gasteiger partial charge in [-0.15, -0.1) is 0 Å². The van der Waals surface area contributed by atoms with Gasteiger partial charge in [-0.2, -0.15) is 0 Å². The molecule has 1 spiro atoms. The predicted molar refractivity (Wildman–Crippen MR) is 188 cm³/mol. The molecule has 4 saturated heterocycles. The topological polar surface area (TPSA) is 197 Å². The summed E-state index contributed by atoms with van der Waals surface area (Å²) < 4.78 is 37.2. The lowest BCUT2D eigenvalue weighted by Crippen LogP contribution is -2.64. The molecular formula is C40H64O13. The van der Waals surface area contributed by atoms with E-state index in [2.05, 4.69) is 33.8 Å². The van der Waals surface area contributed by atoms with Crippen molar-refractivity contribution >= 4 is 0 Å². The Morgan fingerprint density at radius 3 is 2.25 bits per heavy atom. The predicted octanol–water partition coefficient (Wildman–Crippen LogP) is 1.75. The fraction of sp³-hybridized carbons (Fsp3) is 0.950. The van der Waals surface area contributed by atoms with Crippen LogP contribution in [-0.2, 0) is 28.4 Å². The third-order valence-corrected chi connectivity index (χ3v) is 16.1. The highest BCUT2D eigenvalue weighted by molar-refractivity contribution is 5.26. The molecule has 4 aliphatic carbocycles. The van der Waals surface area contributed by atoms with E-state index in [4.69, 9.17) is 28.4 Å². The second-order valence-corrected chi connectivity index (χ2v) is 19.1. The molecule has 4 aliphatic heterocycles. The second-order valence-electron chi connectivity index (χ2n) is 19.1. The molecule has 53 heavy (non-hydrogen) atoms. The lowest BCUT2D eigenvalue weighted by Gasteiger charge is -2.59. The molecular weight excluding hydrogens is 688 g/mol. The average Bonchev–Trinajstić information content (AvgIpc) is 3.59. The summed E-state index contributed by atoms with van der Waals surface area (Å²) in [5.41, 5.74) is 1.44. The van der Waals surface area contributed by atoms with E-state index in [1.165, 1.54) is 25.3 Å². The summed E-state index contributed by atoms with van der Waals surface area (Å²) in [6, 6.07) is 0. The Hall–Kier alpha value is -0.780. The molecule has 13 heteroatoms. The van der Waals surface area contributed by atoms with E-state index < -0.39 is 73.8 Å². The first-order valence-electron chi connectivity index (χ1n) is 20.3. The molecule has 0 aromatic carbocycles. The molecule has 21 atom stereocenters. The molecule has 8 aliphatic rings. The summed E-state index contributed by atoms with van der Waals surface area (Å²) in [4.78, 5) is 0. The average molecular weight is 753 g/mol. The molecule has 3 saturated carbocycles. The van der Waals surface area contributed by atoms with E-state index >= 15 is 0 Å². The number of hydrogen-bond donors (Lipinski definition) is 7. The highest BCUT2D eigenvalue weighted by atomic mass is 16.7. The lowest BCUT2D eigenvalue weighted by molar-refractivity contribution is -0.360. The zero-order valence-electron chi connectivity index (χ0n) is 32.0. The third-order valence-electron chi connectivity index (χ3n) is 16.1. The van der Waals surface area contributed by atoms with Gasteiger partial charge in [-0.25, -0.2) is 0 Å². The Labute approximate surface area is 312 Å². The summed E-state index contributed by atoms with van der Waals surface area (Å²) in [6.45, 7) is 11.0. The van der Waals surface area contributed by atoms with Gasteiger partial charge in [-0.05, 0) is 92.8 Å². The van der Waals surface area contributed by atoms with Crippen LogP contribution in [0.5, 0.6) is 0 Å². The zero-order valence-corrected chi connectivity index (χ0v) is 32.0. The molecule has 21 unspecified atom stereocenters. The molecule has 7 N–H and O–H groups in total. The van der Waals surface area contributed by atoms with Crippen LogP contribution in [0.1, 0.15) is 92.4 Å². The van der Waals surface area contributed by atoms with Gasteiger partial charge >= 0.3 is 0 Å². The molecule has 8 rings (SSSR count). The molecule has 0 bridgehead atoms. The van der Waals surface area contributed by atoms with E-state index in [0.29, 0.717) is 42.6 Å². The summed E-state index contributed by atoms with van der Waals surface area (Å²) >= 11 is 0. The van der Waals surface area contributed by atoms with Crippen molar-refractivity contribution in [3.05, 3.63) is 11.6 Å². The Morgan fingerprint density at radius 2 is 1.55 bits per heavy atom. The van der Waals surface area contributed by atoms with Crippen LogP contribution in [-0.4, -0.2) is 135 Å². The molecule has 302 valence electrons. The first-order chi connectivity index (χ1) is 25.1. The fourth-order valence-corrected chi connectivity index (χ4v) is 12.7. The van der Waals surface area contributed by atoms with Crippen molar-refractivity contribution in [2.45, 2.75) is 172 Å². The largest absolute Gasteiger partial charge is 0.396 e. The number of fused-ring (bicyclic) bond motifs is 7. The molecule has 0 aromatic heterocycles. The highest BCUT2D eigenvalue weighted by Crippen LogP contribution is 2.71. The Bertz CT molecular complexity index is 1370. The van der Waals surface area contributed by atoms with Gasteiger partial charge in [-0.3, -0.25) is 0 Å². The van der Waals surface area contributed by atoms with E-state index in [9.17, 15) is 35.7 Å². The van der Waals surface area contributed by atoms with Crippen molar-refractivity contribution < 1.29 is 64.2 Å².